The number of aryl methyl sites for hydroxylation is 1. The summed E-state index contributed by atoms with van der Waals surface area (Å²) in [5.41, 5.74) is 10.2. The molecule has 1 heterocycles. The van der Waals surface area contributed by atoms with Crippen molar-refractivity contribution in [1.82, 2.24) is 4.90 Å². The quantitative estimate of drug-likeness (QED) is 0.896. The van der Waals surface area contributed by atoms with E-state index in [0.29, 0.717) is 6.54 Å². The van der Waals surface area contributed by atoms with Crippen molar-refractivity contribution >= 4 is 11.6 Å². The van der Waals surface area contributed by atoms with Crippen LogP contribution in [0.2, 0.25) is 0 Å². The van der Waals surface area contributed by atoms with Crippen molar-refractivity contribution in [2.24, 2.45) is 5.73 Å². The van der Waals surface area contributed by atoms with Crippen molar-refractivity contribution in [3.63, 3.8) is 0 Å². The van der Waals surface area contributed by atoms with Gasteiger partial charge in [0.15, 0.2) is 0 Å². The van der Waals surface area contributed by atoms with E-state index in [1.807, 2.05) is 17.0 Å². The van der Waals surface area contributed by atoms with Crippen molar-refractivity contribution in [3.8, 4) is 0 Å². The van der Waals surface area contributed by atoms with Gasteiger partial charge >= 0.3 is 0 Å². The zero-order valence-electron chi connectivity index (χ0n) is 13.4. The lowest BCUT2D eigenvalue weighted by molar-refractivity contribution is 0.0709. The molecule has 1 aromatic carbocycles. The van der Waals surface area contributed by atoms with Crippen molar-refractivity contribution in [1.29, 1.82) is 0 Å². The minimum Gasteiger partial charge on any atom is -0.385 e. The van der Waals surface area contributed by atoms with E-state index >= 15 is 0 Å². The Morgan fingerprint density at radius 3 is 2.86 bits per heavy atom. The molecule has 1 unspecified atom stereocenters. The number of hydrogen-bond acceptors (Lipinski definition) is 3. The van der Waals surface area contributed by atoms with Crippen molar-refractivity contribution in [3.05, 3.63) is 28.8 Å². The van der Waals surface area contributed by atoms with Crippen molar-refractivity contribution < 1.29 is 4.79 Å². The molecule has 1 amide bonds. The standard InChI is InChI=1S/C17H27N3O/c1-4-7-19-16-10-14(9-12(2)13(16)3)17(21)20-8-5-6-15(18)11-20/h9-10,15,19H,4-8,11,18H2,1-3H3. The molecule has 4 nitrogen and oxygen atoms in total. The molecule has 1 fully saturated rings. The Labute approximate surface area is 127 Å². The van der Waals surface area contributed by atoms with E-state index in [4.69, 9.17) is 5.73 Å². The smallest absolute Gasteiger partial charge is 0.253 e. The molecule has 0 aromatic heterocycles. The monoisotopic (exact) mass is 289 g/mol. The molecule has 1 atom stereocenters. The Balaban J connectivity index is 2.22. The fourth-order valence-corrected chi connectivity index (χ4v) is 2.80. The second-order valence-electron chi connectivity index (χ2n) is 6.05. The summed E-state index contributed by atoms with van der Waals surface area (Å²) < 4.78 is 0. The lowest BCUT2D eigenvalue weighted by atomic mass is 10.0. The Morgan fingerprint density at radius 2 is 2.19 bits per heavy atom. The van der Waals surface area contributed by atoms with Gasteiger partial charge in [-0.1, -0.05) is 6.92 Å². The number of carbonyl (C=O) groups excluding carboxylic acids is 1. The van der Waals surface area contributed by atoms with Gasteiger partial charge in [-0.05, 0) is 56.4 Å². The Hall–Kier alpha value is -1.55. The highest BCUT2D eigenvalue weighted by Gasteiger charge is 2.23. The topological polar surface area (TPSA) is 58.4 Å². The van der Waals surface area contributed by atoms with Gasteiger partial charge in [0.1, 0.15) is 0 Å². The molecule has 1 aromatic rings. The van der Waals surface area contributed by atoms with Crippen LogP contribution in [0, 0.1) is 13.8 Å². The third kappa shape index (κ3) is 3.76. The van der Waals surface area contributed by atoms with Crippen LogP contribution in [0.1, 0.15) is 47.7 Å². The Kier molecular flexibility index (Phi) is 5.23. The minimum absolute atomic E-state index is 0.104. The highest BCUT2D eigenvalue weighted by molar-refractivity contribution is 5.95. The van der Waals surface area contributed by atoms with Crippen LogP contribution in [0.5, 0.6) is 0 Å². The summed E-state index contributed by atoms with van der Waals surface area (Å²) in [7, 11) is 0. The molecule has 4 heteroatoms. The number of nitrogens with zero attached hydrogens (tertiary/aromatic N) is 1. The summed E-state index contributed by atoms with van der Waals surface area (Å²) >= 11 is 0. The number of benzene rings is 1. The maximum atomic E-state index is 12.7. The minimum atomic E-state index is 0.104. The van der Waals surface area contributed by atoms with Crippen LogP contribution in [0.4, 0.5) is 5.69 Å². The third-order valence-corrected chi connectivity index (χ3v) is 4.22. The molecule has 0 aliphatic carbocycles. The summed E-state index contributed by atoms with van der Waals surface area (Å²) in [5.74, 6) is 0.104. The second-order valence-corrected chi connectivity index (χ2v) is 6.05. The van der Waals surface area contributed by atoms with E-state index in [2.05, 4.69) is 26.1 Å². The number of likely N-dealkylation sites (tertiary alicyclic amines) is 1. The van der Waals surface area contributed by atoms with E-state index in [0.717, 1.165) is 49.2 Å². The van der Waals surface area contributed by atoms with Gasteiger partial charge in [-0.15, -0.1) is 0 Å². The average molecular weight is 289 g/mol. The zero-order chi connectivity index (χ0) is 15.4. The van der Waals surface area contributed by atoms with E-state index in [1.165, 1.54) is 5.56 Å². The molecule has 0 bridgehead atoms. The van der Waals surface area contributed by atoms with Crippen LogP contribution in [0.15, 0.2) is 12.1 Å². The maximum absolute atomic E-state index is 12.7. The molecule has 1 saturated heterocycles. The molecule has 0 saturated carbocycles. The van der Waals surface area contributed by atoms with E-state index < -0.39 is 0 Å². The lowest BCUT2D eigenvalue weighted by Gasteiger charge is -2.31. The van der Waals surface area contributed by atoms with Gasteiger partial charge in [0.2, 0.25) is 0 Å². The number of rotatable bonds is 4. The first-order valence-corrected chi connectivity index (χ1v) is 7.93. The van der Waals surface area contributed by atoms with Gasteiger partial charge in [0.25, 0.3) is 5.91 Å². The number of hydrogen-bond donors (Lipinski definition) is 2. The molecule has 1 aliphatic rings. The van der Waals surface area contributed by atoms with Gasteiger partial charge in [-0.2, -0.15) is 0 Å². The summed E-state index contributed by atoms with van der Waals surface area (Å²) in [6.07, 6.45) is 3.08. The summed E-state index contributed by atoms with van der Waals surface area (Å²) in [5, 5.41) is 3.41. The summed E-state index contributed by atoms with van der Waals surface area (Å²) in [6.45, 7) is 8.70. The second kappa shape index (κ2) is 6.94. The number of carbonyl (C=O) groups is 1. The summed E-state index contributed by atoms with van der Waals surface area (Å²) in [6, 6.07) is 4.10. The molecule has 2 rings (SSSR count). The predicted molar refractivity (Wildman–Crippen MR) is 87.8 cm³/mol. The fourth-order valence-electron chi connectivity index (χ4n) is 2.80. The Bertz CT molecular complexity index is 513. The molecule has 3 N–H and O–H groups in total. The Morgan fingerprint density at radius 1 is 1.43 bits per heavy atom. The highest BCUT2D eigenvalue weighted by atomic mass is 16.2. The van der Waals surface area contributed by atoms with Gasteiger partial charge in [-0.3, -0.25) is 4.79 Å². The van der Waals surface area contributed by atoms with Gasteiger partial charge in [-0.25, -0.2) is 0 Å². The first kappa shape index (κ1) is 15.8. The normalized spacial score (nSPS) is 18.7. The fraction of sp³-hybridized carbons (Fsp3) is 0.588. The van der Waals surface area contributed by atoms with Crippen LogP contribution < -0.4 is 11.1 Å². The molecule has 1 aliphatic heterocycles. The average Bonchev–Trinajstić information content (AvgIpc) is 2.48. The van der Waals surface area contributed by atoms with Crippen LogP contribution in [0.3, 0.4) is 0 Å². The molecular weight excluding hydrogens is 262 g/mol. The highest BCUT2D eigenvalue weighted by Crippen LogP contribution is 2.23. The molecule has 116 valence electrons. The largest absolute Gasteiger partial charge is 0.385 e. The van der Waals surface area contributed by atoms with Crippen molar-refractivity contribution in [2.75, 3.05) is 25.0 Å². The van der Waals surface area contributed by atoms with E-state index in [9.17, 15) is 4.79 Å². The number of nitrogens with two attached hydrogens (primary N) is 1. The predicted octanol–water partition coefficient (Wildman–Crippen LogP) is 2.69. The molecule has 0 radical (unpaired) electrons. The van der Waals surface area contributed by atoms with Gasteiger partial charge < -0.3 is 16.0 Å². The van der Waals surface area contributed by atoms with Gasteiger partial charge in [0.05, 0.1) is 0 Å². The van der Waals surface area contributed by atoms with Crippen LogP contribution >= 0.6 is 0 Å². The first-order chi connectivity index (χ1) is 10.0. The number of amides is 1. The van der Waals surface area contributed by atoms with Crippen LogP contribution in [-0.4, -0.2) is 36.5 Å². The maximum Gasteiger partial charge on any atom is 0.253 e. The van der Waals surface area contributed by atoms with Crippen LogP contribution in [0.25, 0.3) is 0 Å². The zero-order valence-corrected chi connectivity index (χ0v) is 13.4. The SMILES string of the molecule is CCCNc1cc(C(=O)N2CCCC(N)C2)cc(C)c1C. The van der Waals surface area contributed by atoms with Crippen LogP contribution in [-0.2, 0) is 0 Å². The molecule has 21 heavy (non-hydrogen) atoms. The van der Waals surface area contributed by atoms with Crippen molar-refractivity contribution in [2.45, 2.75) is 46.1 Å². The van der Waals surface area contributed by atoms with E-state index in [1.54, 1.807) is 0 Å². The molecular formula is C17H27N3O. The number of piperidine rings is 1. The van der Waals surface area contributed by atoms with E-state index in [-0.39, 0.29) is 11.9 Å². The first-order valence-electron chi connectivity index (χ1n) is 7.93. The lowest BCUT2D eigenvalue weighted by Crippen LogP contribution is -2.45. The summed E-state index contributed by atoms with van der Waals surface area (Å²) in [4.78, 5) is 14.6. The number of nitrogens with one attached hydrogen (secondary N) is 1. The van der Waals surface area contributed by atoms with Gasteiger partial charge in [0, 0.05) is 36.9 Å². The number of anilines is 1. The third-order valence-electron chi connectivity index (χ3n) is 4.22. The molecule has 0 spiro atoms.